The Labute approximate surface area is 72.5 Å². The zero-order chi connectivity index (χ0) is 9.61. The van der Waals surface area contributed by atoms with Crippen LogP contribution in [-0.2, 0) is 14.3 Å². The molecule has 0 fully saturated rings. The highest BCUT2D eigenvalue weighted by Gasteiger charge is 2.27. The van der Waals surface area contributed by atoms with Crippen molar-refractivity contribution >= 4 is 5.97 Å². The van der Waals surface area contributed by atoms with Crippen LogP contribution in [0.15, 0.2) is 0 Å². The molecule has 0 bridgehead atoms. The predicted octanol–water partition coefficient (Wildman–Crippen LogP) is 0.903. The molecule has 0 heterocycles. The first-order chi connectivity index (χ1) is 5.50. The summed E-state index contributed by atoms with van der Waals surface area (Å²) >= 11 is 0. The first kappa shape index (κ1) is 11.4. The molecular weight excluding hydrogens is 160 g/mol. The van der Waals surface area contributed by atoms with Crippen LogP contribution in [-0.4, -0.2) is 37.0 Å². The fraction of sp³-hybridized carbons (Fsp3) is 0.875. The first-order valence-corrected chi connectivity index (χ1v) is 3.87. The molecule has 72 valence electrons. The van der Waals surface area contributed by atoms with E-state index in [1.54, 1.807) is 7.11 Å². The third-order valence-electron chi connectivity index (χ3n) is 1.47. The van der Waals surface area contributed by atoms with Crippen LogP contribution >= 0.6 is 0 Å². The van der Waals surface area contributed by atoms with Gasteiger partial charge in [-0.15, -0.1) is 0 Å². The van der Waals surface area contributed by atoms with Gasteiger partial charge < -0.3 is 14.6 Å². The zero-order valence-electron chi connectivity index (χ0n) is 7.79. The largest absolute Gasteiger partial charge is 0.479 e. The molecule has 1 N–H and O–H groups in total. The highest BCUT2D eigenvalue weighted by Crippen LogP contribution is 2.08. The fourth-order valence-electron chi connectivity index (χ4n) is 0.592. The van der Waals surface area contributed by atoms with Gasteiger partial charge in [0.1, 0.15) is 0 Å². The van der Waals surface area contributed by atoms with Gasteiger partial charge in [0.25, 0.3) is 0 Å². The van der Waals surface area contributed by atoms with Crippen LogP contribution in [0.5, 0.6) is 0 Å². The van der Waals surface area contributed by atoms with E-state index in [0.29, 0.717) is 19.6 Å². The summed E-state index contributed by atoms with van der Waals surface area (Å²) in [6, 6.07) is 0. The Hall–Kier alpha value is -0.610. The number of hydrogen-bond donors (Lipinski definition) is 1. The lowest BCUT2D eigenvalue weighted by atomic mass is 10.1. The number of methoxy groups -OCH3 is 1. The molecule has 0 rings (SSSR count). The summed E-state index contributed by atoms with van der Waals surface area (Å²) in [6.45, 7) is 4.06. The van der Waals surface area contributed by atoms with Gasteiger partial charge in [-0.05, 0) is 20.3 Å². The number of ether oxygens (including phenoxy) is 2. The monoisotopic (exact) mass is 176 g/mol. The molecule has 0 amide bonds. The van der Waals surface area contributed by atoms with E-state index in [-0.39, 0.29) is 0 Å². The van der Waals surface area contributed by atoms with Crippen LogP contribution in [0.1, 0.15) is 20.3 Å². The van der Waals surface area contributed by atoms with Crippen molar-refractivity contribution in [1.82, 2.24) is 0 Å². The summed E-state index contributed by atoms with van der Waals surface area (Å²) in [5.74, 6) is -0.945. The van der Waals surface area contributed by atoms with Gasteiger partial charge in [-0.25, -0.2) is 4.79 Å². The Bertz CT molecular complexity index is 142. The van der Waals surface area contributed by atoms with Crippen molar-refractivity contribution in [1.29, 1.82) is 0 Å². The summed E-state index contributed by atoms with van der Waals surface area (Å²) in [6.07, 6.45) is 0.715. The molecule has 0 saturated carbocycles. The van der Waals surface area contributed by atoms with Crippen molar-refractivity contribution < 1.29 is 19.4 Å². The molecule has 0 aliphatic heterocycles. The summed E-state index contributed by atoms with van der Waals surface area (Å²) in [7, 11) is 1.60. The maximum atomic E-state index is 10.5. The smallest absolute Gasteiger partial charge is 0.335 e. The number of hydrogen-bond acceptors (Lipinski definition) is 3. The molecule has 0 unspecified atom stereocenters. The van der Waals surface area contributed by atoms with Crippen LogP contribution in [0, 0.1) is 0 Å². The minimum absolute atomic E-state index is 0.410. The highest BCUT2D eigenvalue weighted by atomic mass is 16.5. The topological polar surface area (TPSA) is 55.8 Å². The number of carboxylic acid groups (broad SMARTS) is 1. The van der Waals surface area contributed by atoms with Crippen LogP contribution < -0.4 is 0 Å². The van der Waals surface area contributed by atoms with Crippen molar-refractivity contribution in [2.24, 2.45) is 0 Å². The molecule has 0 radical (unpaired) electrons. The molecule has 12 heavy (non-hydrogen) atoms. The Kier molecular flexibility index (Phi) is 4.85. The lowest BCUT2D eigenvalue weighted by Crippen LogP contribution is -2.35. The predicted molar refractivity (Wildman–Crippen MR) is 44.2 cm³/mol. The van der Waals surface area contributed by atoms with Crippen LogP contribution in [0.2, 0.25) is 0 Å². The van der Waals surface area contributed by atoms with Gasteiger partial charge in [0, 0.05) is 13.7 Å². The number of rotatable bonds is 6. The quantitative estimate of drug-likeness (QED) is 0.611. The SMILES string of the molecule is COCCCOC(C)(C)C(=O)O. The number of carboxylic acids is 1. The van der Waals surface area contributed by atoms with Crippen molar-refractivity contribution in [2.75, 3.05) is 20.3 Å². The molecule has 0 aromatic carbocycles. The average Bonchev–Trinajstić information content (AvgIpc) is 1.98. The van der Waals surface area contributed by atoms with Gasteiger partial charge in [-0.3, -0.25) is 0 Å². The standard InChI is InChI=1S/C8H16O4/c1-8(2,7(9)10)12-6-4-5-11-3/h4-6H2,1-3H3,(H,9,10). The summed E-state index contributed by atoms with van der Waals surface area (Å²) in [5.41, 5.74) is -1.09. The van der Waals surface area contributed by atoms with Crippen molar-refractivity contribution in [3.8, 4) is 0 Å². The second kappa shape index (κ2) is 5.11. The molecule has 4 heteroatoms. The van der Waals surface area contributed by atoms with Gasteiger partial charge in [-0.1, -0.05) is 0 Å². The van der Waals surface area contributed by atoms with Gasteiger partial charge in [-0.2, -0.15) is 0 Å². The summed E-state index contributed by atoms with van der Waals surface area (Å²) in [4.78, 5) is 10.5. The third-order valence-corrected chi connectivity index (χ3v) is 1.47. The van der Waals surface area contributed by atoms with Crippen LogP contribution in [0.25, 0.3) is 0 Å². The van der Waals surface area contributed by atoms with E-state index in [1.165, 1.54) is 13.8 Å². The van der Waals surface area contributed by atoms with E-state index < -0.39 is 11.6 Å². The van der Waals surface area contributed by atoms with E-state index in [2.05, 4.69) is 0 Å². The normalized spacial score (nSPS) is 11.6. The lowest BCUT2D eigenvalue weighted by Gasteiger charge is -2.19. The van der Waals surface area contributed by atoms with Crippen molar-refractivity contribution in [3.05, 3.63) is 0 Å². The van der Waals surface area contributed by atoms with Gasteiger partial charge in [0.2, 0.25) is 0 Å². The molecule has 0 aliphatic carbocycles. The van der Waals surface area contributed by atoms with Crippen LogP contribution in [0.4, 0.5) is 0 Å². The van der Waals surface area contributed by atoms with E-state index >= 15 is 0 Å². The average molecular weight is 176 g/mol. The Morgan fingerprint density at radius 1 is 1.42 bits per heavy atom. The molecule has 0 atom stereocenters. The van der Waals surface area contributed by atoms with Crippen LogP contribution in [0.3, 0.4) is 0 Å². The van der Waals surface area contributed by atoms with E-state index in [1.807, 2.05) is 0 Å². The molecule has 0 aromatic rings. The molecule has 0 saturated heterocycles. The van der Waals surface area contributed by atoms with Gasteiger partial charge in [0.15, 0.2) is 5.60 Å². The first-order valence-electron chi connectivity index (χ1n) is 3.87. The summed E-state index contributed by atoms with van der Waals surface area (Å²) in [5, 5.41) is 8.64. The fourth-order valence-corrected chi connectivity index (χ4v) is 0.592. The summed E-state index contributed by atoms with van der Waals surface area (Å²) < 4.78 is 9.90. The minimum atomic E-state index is -1.09. The molecule has 4 nitrogen and oxygen atoms in total. The van der Waals surface area contributed by atoms with Crippen molar-refractivity contribution in [3.63, 3.8) is 0 Å². The Balaban J connectivity index is 3.54. The molecule has 0 spiro atoms. The van der Waals surface area contributed by atoms with E-state index in [0.717, 1.165) is 0 Å². The van der Waals surface area contributed by atoms with Crippen molar-refractivity contribution in [2.45, 2.75) is 25.9 Å². The molecular formula is C8H16O4. The maximum absolute atomic E-state index is 10.5. The third kappa shape index (κ3) is 4.31. The maximum Gasteiger partial charge on any atom is 0.335 e. The van der Waals surface area contributed by atoms with Gasteiger partial charge >= 0.3 is 5.97 Å². The zero-order valence-corrected chi connectivity index (χ0v) is 7.79. The molecule has 0 aliphatic rings. The second-order valence-corrected chi connectivity index (χ2v) is 3.01. The van der Waals surface area contributed by atoms with E-state index in [9.17, 15) is 4.79 Å². The number of carbonyl (C=O) groups is 1. The van der Waals surface area contributed by atoms with E-state index in [4.69, 9.17) is 14.6 Å². The lowest BCUT2D eigenvalue weighted by molar-refractivity contribution is -0.161. The van der Waals surface area contributed by atoms with Gasteiger partial charge in [0.05, 0.1) is 6.61 Å². The number of aliphatic carboxylic acids is 1. The molecule has 0 aromatic heterocycles. The minimum Gasteiger partial charge on any atom is -0.479 e. The Morgan fingerprint density at radius 3 is 2.42 bits per heavy atom. The Morgan fingerprint density at radius 2 is 2.00 bits per heavy atom. The second-order valence-electron chi connectivity index (χ2n) is 3.01. The highest BCUT2D eigenvalue weighted by molar-refractivity contribution is 5.76.